The predicted molar refractivity (Wildman–Crippen MR) is 131 cm³/mol. The van der Waals surface area contributed by atoms with E-state index in [1.165, 1.54) is 49.8 Å². The molecule has 4 fully saturated rings. The van der Waals surface area contributed by atoms with Crippen molar-refractivity contribution in [3.05, 3.63) is 0 Å². The number of rotatable bonds is 8. The number of carbonyl (C=O) groups is 2. The molecule has 0 aromatic rings. The Balaban J connectivity index is 1.39. The number of fused-ring (bicyclic) bond motifs is 5. The first-order valence-corrected chi connectivity index (χ1v) is 14.2. The Bertz CT molecular complexity index is 752. The molecule has 34 heavy (non-hydrogen) atoms. The fraction of sp³-hybridized carbons (Fsp3) is 0.931. The van der Waals surface area contributed by atoms with Gasteiger partial charge in [-0.05, 0) is 117 Å². The number of nitrogens with one attached hydrogen (secondary N) is 1. The molecule has 5 nitrogen and oxygen atoms in total. The summed E-state index contributed by atoms with van der Waals surface area (Å²) in [7, 11) is 4.15. The second kappa shape index (κ2) is 10.1. The van der Waals surface area contributed by atoms with Crippen molar-refractivity contribution in [2.75, 3.05) is 20.6 Å². The van der Waals surface area contributed by atoms with Crippen molar-refractivity contribution in [2.24, 2.45) is 46.3 Å². The van der Waals surface area contributed by atoms with E-state index in [4.69, 9.17) is 4.74 Å². The van der Waals surface area contributed by atoms with Crippen LogP contribution in [-0.4, -0.2) is 38.7 Å². The van der Waals surface area contributed by atoms with Gasteiger partial charge in [0.15, 0.2) is 0 Å². The summed E-state index contributed by atoms with van der Waals surface area (Å²) < 4.78 is 5.94. The molecular weight excluding hydrogens is 426 g/mol. The van der Waals surface area contributed by atoms with Gasteiger partial charge in [0.2, 0.25) is 0 Å². The third-order valence-electron chi connectivity index (χ3n) is 11.3. The SMILES string of the molecule is C[C@H](CCC(=O)[O-])[C@H]1CC[C@H]2[C@@H]3CC[C@@H]4C[C@@H](OC(=O)CC[NH+](C)C)CC[C@]4(C)[C@H]3CC[C@]12C. The van der Waals surface area contributed by atoms with Crippen LogP contribution in [0.5, 0.6) is 0 Å². The quantitative estimate of drug-likeness (QED) is 0.547. The van der Waals surface area contributed by atoms with Crippen molar-refractivity contribution in [3.63, 3.8) is 0 Å². The molecule has 0 heterocycles. The lowest BCUT2D eigenvalue weighted by Gasteiger charge is -2.61. The van der Waals surface area contributed by atoms with Crippen molar-refractivity contribution < 1.29 is 24.3 Å². The fourth-order valence-corrected chi connectivity index (χ4v) is 9.44. The van der Waals surface area contributed by atoms with Crippen molar-refractivity contribution in [1.82, 2.24) is 0 Å². The molecule has 0 bridgehead atoms. The normalized spacial score (nSPS) is 42.4. The fourth-order valence-electron chi connectivity index (χ4n) is 9.44. The van der Waals surface area contributed by atoms with Crippen LogP contribution in [-0.2, 0) is 14.3 Å². The third kappa shape index (κ3) is 4.92. The Kier molecular flexibility index (Phi) is 7.72. The van der Waals surface area contributed by atoms with Gasteiger partial charge >= 0.3 is 5.97 Å². The zero-order valence-corrected chi connectivity index (χ0v) is 22.4. The van der Waals surface area contributed by atoms with E-state index in [9.17, 15) is 14.7 Å². The number of ether oxygens (including phenoxy) is 1. The van der Waals surface area contributed by atoms with Crippen LogP contribution in [0.1, 0.15) is 97.8 Å². The van der Waals surface area contributed by atoms with E-state index in [0.717, 1.165) is 43.6 Å². The van der Waals surface area contributed by atoms with Gasteiger partial charge in [0, 0.05) is 5.97 Å². The Morgan fingerprint density at radius 3 is 2.38 bits per heavy atom. The first kappa shape index (κ1) is 26.0. The Morgan fingerprint density at radius 1 is 0.971 bits per heavy atom. The van der Waals surface area contributed by atoms with Crippen LogP contribution in [0.2, 0.25) is 0 Å². The van der Waals surface area contributed by atoms with Crippen LogP contribution >= 0.6 is 0 Å². The maximum atomic E-state index is 12.3. The average Bonchev–Trinajstić information content (AvgIpc) is 3.13. The minimum absolute atomic E-state index is 0.0123. The number of carboxylic acids is 1. The molecule has 4 aliphatic carbocycles. The second-order valence-electron chi connectivity index (χ2n) is 13.4. The van der Waals surface area contributed by atoms with Crippen LogP contribution in [0, 0.1) is 46.3 Å². The van der Waals surface area contributed by atoms with Gasteiger partial charge in [0.05, 0.1) is 27.1 Å². The van der Waals surface area contributed by atoms with E-state index < -0.39 is 5.97 Å². The molecule has 5 heteroatoms. The van der Waals surface area contributed by atoms with E-state index in [1.54, 1.807) is 0 Å². The van der Waals surface area contributed by atoms with Gasteiger partial charge in [0.25, 0.3) is 0 Å². The number of carboxylic acid groups (broad SMARTS) is 1. The number of quaternary nitrogens is 1. The molecule has 0 amide bonds. The van der Waals surface area contributed by atoms with E-state index in [2.05, 4.69) is 34.9 Å². The number of esters is 1. The van der Waals surface area contributed by atoms with Gasteiger partial charge in [-0.15, -0.1) is 0 Å². The molecule has 0 aliphatic heterocycles. The first-order chi connectivity index (χ1) is 16.0. The summed E-state index contributed by atoms with van der Waals surface area (Å²) in [4.78, 5) is 24.7. The third-order valence-corrected chi connectivity index (χ3v) is 11.3. The number of hydrogen-bond donors (Lipinski definition) is 1. The number of aliphatic carboxylic acids is 1. The Hall–Kier alpha value is -1.10. The highest BCUT2D eigenvalue weighted by atomic mass is 16.5. The topological polar surface area (TPSA) is 70.9 Å². The van der Waals surface area contributed by atoms with Crippen LogP contribution in [0.25, 0.3) is 0 Å². The van der Waals surface area contributed by atoms with Crippen LogP contribution in [0.3, 0.4) is 0 Å². The standard InChI is InChI=1S/C29H49NO4/c1-19(6-11-26(31)32)23-9-10-24-22-8-7-20-18-21(34-27(33)14-17-30(4)5)12-15-28(20,2)25(22)13-16-29(23,24)3/h19-25H,6-18H2,1-5H3,(H,31,32)/t19-,20-,21+,22+,23-,24+,25+,28+,29-/m1/s1. The summed E-state index contributed by atoms with van der Waals surface area (Å²) in [6.45, 7) is 8.23. The largest absolute Gasteiger partial charge is 0.550 e. The highest BCUT2D eigenvalue weighted by Crippen LogP contribution is 2.68. The molecule has 0 unspecified atom stereocenters. The van der Waals surface area contributed by atoms with E-state index in [-0.39, 0.29) is 18.5 Å². The van der Waals surface area contributed by atoms with Gasteiger partial charge in [-0.2, -0.15) is 0 Å². The summed E-state index contributed by atoms with van der Waals surface area (Å²) >= 11 is 0. The Labute approximate surface area is 207 Å². The lowest BCUT2D eigenvalue weighted by Crippen LogP contribution is -3.05. The molecular formula is C29H49NO4. The minimum Gasteiger partial charge on any atom is -0.550 e. The summed E-state index contributed by atoms with van der Waals surface area (Å²) in [6.07, 6.45) is 12.7. The van der Waals surface area contributed by atoms with E-state index in [0.29, 0.717) is 35.0 Å². The minimum atomic E-state index is -0.901. The highest BCUT2D eigenvalue weighted by Gasteiger charge is 2.60. The zero-order chi connectivity index (χ0) is 24.7. The smallest absolute Gasteiger partial charge is 0.311 e. The molecule has 0 spiro atoms. The zero-order valence-electron chi connectivity index (χ0n) is 22.4. The van der Waals surface area contributed by atoms with Gasteiger partial charge < -0.3 is 19.5 Å². The molecule has 4 rings (SSSR count). The van der Waals surface area contributed by atoms with Crippen molar-refractivity contribution in [1.29, 1.82) is 0 Å². The molecule has 0 radical (unpaired) electrons. The molecule has 1 N–H and O–H groups in total. The maximum Gasteiger partial charge on any atom is 0.311 e. The lowest BCUT2D eigenvalue weighted by molar-refractivity contribution is -0.857. The molecule has 194 valence electrons. The van der Waals surface area contributed by atoms with Crippen molar-refractivity contribution in [3.8, 4) is 0 Å². The molecule has 0 aromatic carbocycles. The van der Waals surface area contributed by atoms with Gasteiger partial charge in [0.1, 0.15) is 6.10 Å². The summed E-state index contributed by atoms with van der Waals surface area (Å²) in [6, 6.07) is 0. The molecule has 4 aliphatic rings. The lowest BCUT2D eigenvalue weighted by atomic mass is 9.44. The van der Waals surface area contributed by atoms with Gasteiger partial charge in [-0.25, -0.2) is 0 Å². The van der Waals surface area contributed by atoms with E-state index >= 15 is 0 Å². The number of hydrogen-bond acceptors (Lipinski definition) is 4. The van der Waals surface area contributed by atoms with Crippen LogP contribution in [0.15, 0.2) is 0 Å². The molecule has 0 saturated heterocycles. The average molecular weight is 476 g/mol. The Morgan fingerprint density at radius 2 is 1.68 bits per heavy atom. The predicted octanol–water partition coefficient (Wildman–Crippen LogP) is 3.26. The van der Waals surface area contributed by atoms with Crippen molar-refractivity contribution in [2.45, 2.75) is 104 Å². The van der Waals surface area contributed by atoms with Crippen molar-refractivity contribution >= 4 is 11.9 Å². The monoisotopic (exact) mass is 475 g/mol. The highest BCUT2D eigenvalue weighted by molar-refractivity contribution is 5.69. The maximum absolute atomic E-state index is 12.3. The summed E-state index contributed by atoms with van der Waals surface area (Å²) in [5.74, 6) is 3.31. The van der Waals surface area contributed by atoms with Crippen LogP contribution < -0.4 is 10.0 Å². The van der Waals surface area contributed by atoms with Gasteiger partial charge in [-0.1, -0.05) is 20.8 Å². The summed E-state index contributed by atoms with van der Waals surface area (Å²) in [5.41, 5.74) is 0.760. The molecule has 9 atom stereocenters. The van der Waals surface area contributed by atoms with Gasteiger partial charge in [-0.3, -0.25) is 4.79 Å². The molecule has 0 aromatic heterocycles. The second-order valence-corrected chi connectivity index (χ2v) is 13.4. The van der Waals surface area contributed by atoms with E-state index in [1.807, 2.05) is 0 Å². The van der Waals surface area contributed by atoms with Crippen LogP contribution in [0.4, 0.5) is 0 Å². The summed E-state index contributed by atoms with van der Waals surface area (Å²) in [5, 5.41) is 11.0. The molecule has 4 saturated carbocycles. The number of carbonyl (C=O) groups excluding carboxylic acids is 2. The first-order valence-electron chi connectivity index (χ1n) is 14.2.